The largest absolute Gasteiger partial charge is 0.328 e. The summed E-state index contributed by atoms with van der Waals surface area (Å²) in [5, 5.41) is 0. The SMILES string of the molecule is CC(C)N1CCN(CC2CCCC(N)C2)CC1. The van der Waals surface area contributed by atoms with Crippen molar-refractivity contribution in [1.29, 1.82) is 0 Å². The van der Waals surface area contributed by atoms with Gasteiger partial charge < -0.3 is 10.6 Å². The van der Waals surface area contributed by atoms with Crippen LogP contribution < -0.4 is 5.73 Å². The maximum Gasteiger partial charge on any atom is 0.0113 e. The molecule has 17 heavy (non-hydrogen) atoms. The molecule has 0 spiro atoms. The molecule has 1 aliphatic heterocycles. The second kappa shape index (κ2) is 6.17. The van der Waals surface area contributed by atoms with E-state index in [1.165, 1.54) is 58.4 Å². The van der Waals surface area contributed by atoms with E-state index in [9.17, 15) is 0 Å². The zero-order chi connectivity index (χ0) is 12.3. The highest BCUT2D eigenvalue weighted by atomic mass is 15.3. The average Bonchev–Trinajstić information content (AvgIpc) is 2.29. The van der Waals surface area contributed by atoms with Crippen molar-refractivity contribution in [2.75, 3.05) is 32.7 Å². The van der Waals surface area contributed by atoms with Crippen LogP contribution >= 0.6 is 0 Å². The van der Waals surface area contributed by atoms with Crippen molar-refractivity contribution in [3.63, 3.8) is 0 Å². The molecule has 1 heterocycles. The molecule has 0 bridgehead atoms. The van der Waals surface area contributed by atoms with Crippen LogP contribution in [0.25, 0.3) is 0 Å². The first-order valence-electron chi connectivity index (χ1n) is 7.37. The third-order valence-corrected chi connectivity index (χ3v) is 4.48. The van der Waals surface area contributed by atoms with E-state index in [0.717, 1.165) is 5.92 Å². The van der Waals surface area contributed by atoms with Gasteiger partial charge in [-0.2, -0.15) is 0 Å². The van der Waals surface area contributed by atoms with Crippen molar-refractivity contribution >= 4 is 0 Å². The van der Waals surface area contributed by atoms with Crippen molar-refractivity contribution in [2.24, 2.45) is 11.7 Å². The van der Waals surface area contributed by atoms with Crippen LogP contribution in [0.4, 0.5) is 0 Å². The van der Waals surface area contributed by atoms with Crippen LogP contribution in [0.3, 0.4) is 0 Å². The average molecular weight is 239 g/mol. The number of nitrogens with two attached hydrogens (primary N) is 1. The fraction of sp³-hybridized carbons (Fsp3) is 1.00. The summed E-state index contributed by atoms with van der Waals surface area (Å²) in [4.78, 5) is 5.24. The molecule has 1 saturated carbocycles. The first-order chi connectivity index (χ1) is 8.15. The Morgan fingerprint density at radius 2 is 1.82 bits per heavy atom. The monoisotopic (exact) mass is 239 g/mol. The molecule has 2 aliphatic rings. The topological polar surface area (TPSA) is 32.5 Å². The van der Waals surface area contributed by atoms with Gasteiger partial charge in [0.15, 0.2) is 0 Å². The van der Waals surface area contributed by atoms with Crippen LogP contribution in [-0.2, 0) is 0 Å². The van der Waals surface area contributed by atoms with Gasteiger partial charge in [0, 0.05) is 44.8 Å². The highest BCUT2D eigenvalue weighted by Crippen LogP contribution is 2.24. The Morgan fingerprint density at radius 1 is 1.12 bits per heavy atom. The van der Waals surface area contributed by atoms with Crippen LogP contribution in [0.5, 0.6) is 0 Å². The van der Waals surface area contributed by atoms with Crippen LogP contribution in [0, 0.1) is 5.92 Å². The molecular formula is C14H29N3. The van der Waals surface area contributed by atoms with E-state index >= 15 is 0 Å². The standard InChI is InChI=1S/C14H29N3/c1-12(2)17-8-6-16(7-9-17)11-13-4-3-5-14(15)10-13/h12-14H,3-11,15H2,1-2H3. The lowest BCUT2D eigenvalue weighted by atomic mass is 9.86. The highest BCUT2D eigenvalue weighted by molar-refractivity contribution is 4.80. The molecule has 0 amide bonds. The lowest BCUT2D eigenvalue weighted by Gasteiger charge is -2.39. The molecule has 1 saturated heterocycles. The first kappa shape index (κ1) is 13.3. The number of rotatable bonds is 3. The Bertz CT molecular complexity index is 222. The van der Waals surface area contributed by atoms with Crippen molar-refractivity contribution in [3.8, 4) is 0 Å². The van der Waals surface area contributed by atoms with Crippen LogP contribution in [0.15, 0.2) is 0 Å². The van der Waals surface area contributed by atoms with E-state index in [1.807, 2.05) is 0 Å². The highest BCUT2D eigenvalue weighted by Gasteiger charge is 2.24. The Balaban J connectivity index is 1.70. The van der Waals surface area contributed by atoms with Gasteiger partial charge in [-0.05, 0) is 39.0 Å². The van der Waals surface area contributed by atoms with Crippen molar-refractivity contribution in [1.82, 2.24) is 9.80 Å². The van der Waals surface area contributed by atoms with E-state index in [0.29, 0.717) is 12.1 Å². The molecule has 1 aliphatic carbocycles. The Labute approximate surface area is 106 Å². The number of piperazine rings is 1. The van der Waals surface area contributed by atoms with Gasteiger partial charge in [0.2, 0.25) is 0 Å². The Kier molecular flexibility index (Phi) is 4.83. The van der Waals surface area contributed by atoms with Gasteiger partial charge in [-0.3, -0.25) is 4.90 Å². The molecular weight excluding hydrogens is 210 g/mol. The van der Waals surface area contributed by atoms with Gasteiger partial charge in [-0.1, -0.05) is 6.42 Å². The first-order valence-corrected chi connectivity index (χ1v) is 7.37. The van der Waals surface area contributed by atoms with Gasteiger partial charge in [-0.25, -0.2) is 0 Å². The predicted octanol–water partition coefficient (Wildman–Crippen LogP) is 1.53. The van der Waals surface area contributed by atoms with E-state index in [1.54, 1.807) is 0 Å². The van der Waals surface area contributed by atoms with Crippen molar-refractivity contribution in [3.05, 3.63) is 0 Å². The Hall–Kier alpha value is -0.120. The third kappa shape index (κ3) is 3.94. The van der Waals surface area contributed by atoms with Crippen molar-refractivity contribution < 1.29 is 0 Å². The van der Waals surface area contributed by atoms with E-state index in [-0.39, 0.29) is 0 Å². The third-order valence-electron chi connectivity index (χ3n) is 4.48. The van der Waals surface area contributed by atoms with E-state index in [4.69, 9.17) is 5.73 Å². The molecule has 2 atom stereocenters. The van der Waals surface area contributed by atoms with Gasteiger partial charge in [0.05, 0.1) is 0 Å². The smallest absolute Gasteiger partial charge is 0.0113 e. The molecule has 3 nitrogen and oxygen atoms in total. The van der Waals surface area contributed by atoms with Crippen LogP contribution in [0.2, 0.25) is 0 Å². The van der Waals surface area contributed by atoms with E-state index < -0.39 is 0 Å². The summed E-state index contributed by atoms with van der Waals surface area (Å²) in [5.41, 5.74) is 6.07. The maximum absolute atomic E-state index is 6.07. The molecule has 2 N–H and O–H groups in total. The molecule has 100 valence electrons. The molecule has 0 aromatic carbocycles. The van der Waals surface area contributed by atoms with Crippen LogP contribution in [0.1, 0.15) is 39.5 Å². The quantitative estimate of drug-likeness (QED) is 0.811. The van der Waals surface area contributed by atoms with Gasteiger partial charge in [-0.15, -0.1) is 0 Å². The minimum absolute atomic E-state index is 0.478. The van der Waals surface area contributed by atoms with E-state index in [2.05, 4.69) is 23.6 Å². The zero-order valence-electron chi connectivity index (χ0n) is 11.6. The molecule has 0 radical (unpaired) electrons. The molecule has 2 fully saturated rings. The normalized spacial score (nSPS) is 33.2. The lowest BCUT2D eigenvalue weighted by Crippen LogP contribution is -2.50. The summed E-state index contributed by atoms with van der Waals surface area (Å²) < 4.78 is 0. The number of hydrogen-bond acceptors (Lipinski definition) is 3. The summed E-state index contributed by atoms with van der Waals surface area (Å²) in [6.45, 7) is 10.9. The minimum Gasteiger partial charge on any atom is -0.328 e. The second-order valence-electron chi connectivity index (χ2n) is 6.22. The maximum atomic E-state index is 6.07. The van der Waals surface area contributed by atoms with Gasteiger partial charge in [0.25, 0.3) is 0 Å². The molecule has 2 rings (SSSR count). The summed E-state index contributed by atoms with van der Waals surface area (Å²) in [6.07, 6.45) is 5.25. The molecule has 2 unspecified atom stereocenters. The van der Waals surface area contributed by atoms with Crippen LogP contribution in [-0.4, -0.2) is 54.6 Å². The Morgan fingerprint density at radius 3 is 2.41 bits per heavy atom. The zero-order valence-corrected chi connectivity index (χ0v) is 11.6. The van der Waals surface area contributed by atoms with Crippen molar-refractivity contribution in [2.45, 2.75) is 51.6 Å². The predicted molar refractivity (Wildman–Crippen MR) is 73.1 cm³/mol. The fourth-order valence-electron chi connectivity index (χ4n) is 3.33. The second-order valence-corrected chi connectivity index (χ2v) is 6.22. The molecule has 3 heteroatoms. The van der Waals surface area contributed by atoms with Gasteiger partial charge >= 0.3 is 0 Å². The summed E-state index contributed by atoms with van der Waals surface area (Å²) in [7, 11) is 0. The summed E-state index contributed by atoms with van der Waals surface area (Å²) in [5.74, 6) is 0.865. The molecule has 0 aromatic heterocycles. The number of nitrogens with zero attached hydrogens (tertiary/aromatic N) is 2. The fourth-order valence-corrected chi connectivity index (χ4v) is 3.33. The lowest BCUT2D eigenvalue weighted by molar-refractivity contribution is 0.0894. The number of hydrogen-bond donors (Lipinski definition) is 1. The minimum atomic E-state index is 0.478. The molecule has 0 aromatic rings. The summed E-state index contributed by atoms with van der Waals surface area (Å²) >= 11 is 0. The summed E-state index contributed by atoms with van der Waals surface area (Å²) in [6, 6.07) is 1.19. The van der Waals surface area contributed by atoms with Gasteiger partial charge in [0.1, 0.15) is 0 Å².